The van der Waals surface area contributed by atoms with Crippen molar-refractivity contribution in [2.24, 2.45) is 5.92 Å². The van der Waals surface area contributed by atoms with Crippen LogP contribution in [0.3, 0.4) is 0 Å². The fraction of sp³-hybridized carbons (Fsp3) is 0.500. The van der Waals surface area contributed by atoms with Crippen molar-refractivity contribution in [2.45, 2.75) is 19.0 Å². The number of likely N-dealkylation sites (tertiary alicyclic amines) is 1. The maximum absolute atomic E-state index is 12.8. The van der Waals surface area contributed by atoms with Gasteiger partial charge in [-0.05, 0) is 25.0 Å². The molecular weight excluding hydrogens is 269 g/mol. The highest BCUT2D eigenvalue weighted by Gasteiger charge is 2.42. The summed E-state index contributed by atoms with van der Waals surface area (Å²) in [7, 11) is 1.68. The Kier molecular flexibility index (Phi) is 4.20. The number of nitrogens with zero attached hydrogens (tertiary/aromatic N) is 1. The summed E-state index contributed by atoms with van der Waals surface area (Å²) in [6.07, 6.45) is -3.75. The Labute approximate surface area is 115 Å². The fourth-order valence-electron chi connectivity index (χ4n) is 2.49. The van der Waals surface area contributed by atoms with Gasteiger partial charge in [0.15, 0.2) is 0 Å². The first-order valence-electron chi connectivity index (χ1n) is 6.56. The first kappa shape index (κ1) is 14.7. The second kappa shape index (κ2) is 5.73. The van der Waals surface area contributed by atoms with Crippen LogP contribution in [0.1, 0.15) is 23.2 Å². The number of benzene rings is 1. The summed E-state index contributed by atoms with van der Waals surface area (Å²) in [5, 5.41) is 2.89. The molecule has 3 nitrogen and oxygen atoms in total. The molecule has 1 saturated heterocycles. The van der Waals surface area contributed by atoms with Crippen molar-refractivity contribution in [1.82, 2.24) is 4.90 Å². The van der Waals surface area contributed by atoms with E-state index in [0.29, 0.717) is 24.2 Å². The standard InChI is InChI=1S/C14H17F3N2O/c1-18-12-7-3-2-6-11(12)13(20)19-8-4-5-10(9-19)14(15,16)17/h2-3,6-7,10,18H,4-5,8-9H2,1H3. The number of hydrogen-bond acceptors (Lipinski definition) is 2. The number of anilines is 1. The Balaban J connectivity index is 2.17. The minimum absolute atomic E-state index is 0.0982. The highest BCUT2D eigenvalue weighted by Crippen LogP contribution is 2.33. The summed E-state index contributed by atoms with van der Waals surface area (Å²) in [4.78, 5) is 13.7. The Morgan fingerprint density at radius 1 is 1.35 bits per heavy atom. The summed E-state index contributed by atoms with van der Waals surface area (Å²) in [6, 6.07) is 6.85. The summed E-state index contributed by atoms with van der Waals surface area (Å²) in [5.74, 6) is -1.76. The summed E-state index contributed by atoms with van der Waals surface area (Å²) in [6.45, 7) is 0.129. The second-order valence-electron chi connectivity index (χ2n) is 4.93. The Bertz CT molecular complexity index is 488. The van der Waals surface area contributed by atoms with Gasteiger partial charge in [0, 0.05) is 25.8 Å². The number of carbonyl (C=O) groups excluding carboxylic acids is 1. The number of halogens is 3. The molecule has 1 atom stereocenters. The highest BCUT2D eigenvalue weighted by atomic mass is 19.4. The molecule has 1 fully saturated rings. The zero-order chi connectivity index (χ0) is 14.8. The van der Waals surface area contributed by atoms with E-state index in [-0.39, 0.29) is 18.9 Å². The summed E-state index contributed by atoms with van der Waals surface area (Å²) >= 11 is 0. The largest absolute Gasteiger partial charge is 0.393 e. The van der Waals surface area contributed by atoms with Gasteiger partial charge in [-0.3, -0.25) is 4.79 Å². The molecule has 20 heavy (non-hydrogen) atoms. The molecule has 1 aromatic rings. The maximum atomic E-state index is 12.8. The van der Waals surface area contributed by atoms with Gasteiger partial charge in [-0.15, -0.1) is 0 Å². The molecule has 110 valence electrons. The van der Waals surface area contributed by atoms with Gasteiger partial charge in [0.05, 0.1) is 11.5 Å². The summed E-state index contributed by atoms with van der Waals surface area (Å²) < 4.78 is 38.3. The molecule has 0 aromatic heterocycles. The van der Waals surface area contributed by atoms with Crippen LogP contribution in [-0.4, -0.2) is 37.1 Å². The van der Waals surface area contributed by atoms with Gasteiger partial charge in [-0.1, -0.05) is 12.1 Å². The smallest absolute Gasteiger partial charge is 0.387 e. The van der Waals surface area contributed by atoms with Crippen molar-refractivity contribution in [3.63, 3.8) is 0 Å². The molecular formula is C14H17F3N2O. The van der Waals surface area contributed by atoms with Crippen LogP contribution in [0.2, 0.25) is 0 Å². The first-order valence-corrected chi connectivity index (χ1v) is 6.56. The van der Waals surface area contributed by atoms with Crippen LogP contribution >= 0.6 is 0 Å². The SMILES string of the molecule is CNc1ccccc1C(=O)N1CCCC(C(F)(F)F)C1. The normalized spacial score (nSPS) is 19.8. The van der Waals surface area contributed by atoms with Crippen LogP contribution in [0.5, 0.6) is 0 Å². The van der Waals surface area contributed by atoms with Gasteiger partial charge in [-0.2, -0.15) is 13.2 Å². The molecule has 0 radical (unpaired) electrons. The Hall–Kier alpha value is -1.72. The number of amides is 1. The Morgan fingerprint density at radius 2 is 2.05 bits per heavy atom. The van der Waals surface area contributed by atoms with Crippen molar-refractivity contribution in [2.75, 3.05) is 25.5 Å². The maximum Gasteiger partial charge on any atom is 0.393 e. The van der Waals surface area contributed by atoms with Crippen molar-refractivity contribution >= 4 is 11.6 Å². The van der Waals surface area contributed by atoms with E-state index in [2.05, 4.69) is 5.32 Å². The van der Waals surface area contributed by atoms with Crippen LogP contribution in [0.25, 0.3) is 0 Å². The van der Waals surface area contributed by atoms with E-state index < -0.39 is 12.1 Å². The third kappa shape index (κ3) is 3.05. The quantitative estimate of drug-likeness (QED) is 0.906. The first-order chi connectivity index (χ1) is 9.43. The number of para-hydroxylation sites is 1. The van der Waals surface area contributed by atoms with Gasteiger partial charge in [0.1, 0.15) is 0 Å². The molecule has 1 aliphatic heterocycles. The van der Waals surface area contributed by atoms with Crippen LogP contribution in [0.4, 0.5) is 18.9 Å². The van der Waals surface area contributed by atoms with E-state index >= 15 is 0 Å². The van der Waals surface area contributed by atoms with E-state index in [4.69, 9.17) is 0 Å². The molecule has 0 spiro atoms. The number of nitrogens with one attached hydrogen (secondary N) is 1. The zero-order valence-corrected chi connectivity index (χ0v) is 11.2. The molecule has 1 aromatic carbocycles. The molecule has 1 heterocycles. The van der Waals surface area contributed by atoms with Crippen LogP contribution < -0.4 is 5.32 Å². The van der Waals surface area contributed by atoms with E-state index in [1.165, 1.54) is 4.90 Å². The lowest BCUT2D eigenvalue weighted by atomic mass is 9.96. The third-order valence-electron chi connectivity index (χ3n) is 3.60. The predicted octanol–water partition coefficient (Wildman–Crippen LogP) is 3.14. The van der Waals surface area contributed by atoms with Crippen LogP contribution in [-0.2, 0) is 0 Å². The van der Waals surface area contributed by atoms with Gasteiger partial charge >= 0.3 is 6.18 Å². The molecule has 2 rings (SSSR count). The minimum atomic E-state index is -4.23. The zero-order valence-electron chi connectivity index (χ0n) is 11.2. The number of piperidine rings is 1. The molecule has 1 amide bonds. The van der Waals surface area contributed by atoms with E-state index in [0.717, 1.165) is 0 Å². The molecule has 6 heteroatoms. The van der Waals surface area contributed by atoms with Crippen molar-refractivity contribution in [3.8, 4) is 0 Å². The van der Waals surface area contributed by atoms with E-state index in [1.54, 1.807) is 31.3 Å². The molecule has 1 N–H and O–H groups in total. The van der Waals surface area contributed by atoms with E-state index in [1.807, 2.05) is 0 Å². The molecule has 1 aliphatic rings. The van der Waals surface area contributed by atoms with Gasteiger partial charge < -0.3 is 10.2 Å². The van der Waals surface area contributed by atoms with Crippen LogP contribution in [0, 0.1) is 5.92 Å². The van der Waals surface area contributed by atoms with Crippen LogP contribution in [0.15, 0.2) is 24.3 Å². The van der Waals surface area contributed by atoms with Gasteiger partial charge in [0.25, 0.3) is 5.91 Å². The van der Waals surface area contributed by atoms with Crippen molar-refractivity contribution in [3.05, 3.63) is 29.8 Å². The lowest BCUT2D eigenvalue weighted by Gasteiger charge is -2.34. The second-order valence-corrected chi connectivity index (χ2v) is 4.93. The molecule has 0 saturated carbocycles. The molecule has 1 unspecified atom stereocenters. The van der Waals surface area contributed by atoms with Gasteiger partial charge in [-0.25, -0.2) is 0 Å². The number of rotatable bonds is 2. The number of hydrogen-bond donors (Lipinski definition) is 1. The lowest BCUT2D eigenvalue weighted by Crippen LogP contribution is -2.44. The van der Waals surface area contributed by atoms with E-state index in [9.17, 15) is 18.0 Å². The third-order valence-corrected chi connectivity index (χ3v) is 3.60. The molecule has 0 aliphatic carbocycles. The average Bonchev–Trinajstić information content (AvgIpc) is 2.45. The highest BCUT2D eigenvalue weighted by molar-refractivity contribution is 5.99. The topological polar surface area (TPSA) is 32.3 Å². The summed E-state index contributed by atoms with van der Waals surface area (Å²) in [5.41, 5.74) is 1.05. The number of alkyl halides is 3. The van der Waals surface area contributed by atoms with Crippen molar-refractivity contribution in [1.29, 1.82) is 0 Å². The average molecular weight is 286 g/mol. The van der Waals surface area contributed by atoms with Gasteiger partial charge in [0.2, 0.25) is 0 Å². The Morgan fingerprint density at radius 3 is 2.70 bits per heavy atom. The minimum Gasteiger partial charge on any atom is -0.387 e. The fourth-order valence-corrected chi connectivity index (χ4v) is 2.49. The predicted molar refractivity (Wildman–Crippen MR) is 70.7 cm³/mol. The monoisotopic (exact) mass is 286 g/mol. The number of carbonyl (C=O) groups is 1. The lowest BCUT2D eigenvalue weighted by molar-refractivity contribution is -0.184. The van der Waals surface area contributed by atoms with Crippen molar-refractivity contribution < 1.29 is 18.0 Å². The molecule has 0 bridgehead atoms.